The van der Waals surface area contributed by atoms with Crippen molar-refractivity contribution in [2.24, 2.45) is 0 Å². The molecule has 1 amide bonds. The van der Waals surface area contributed by atoms with Crippen LogP contribution in [0, 0.1) is 0 Å². The summed E-state index contributed by atoms with van der Waals surface area (Å²) in [7, 11) is 1.35. The van der Waals surface area contributed by atoms with E-state index < -0.39 is 5.97 Å². The summed E-state index contributed by atoms with van der Waals surface area (Å²) in [5, 5.41) is 5.96. The van der Waals surface area contributed by atoms with Crippen LogP contribution >= 0.6 is 0 Å². The third kappa shape index (κ3) is 5.41. The molecule has 0 aliphatic carbocycles. The van der Waals surface area contributed by atoms with Gasteiger partial charge in [0.2, 0.25) is 5.91 Å². The molecule has 0 fully saturated rings. The number of aryl methyl sites for hydroxylation is 1. The molecule has 2 aromatic carbocycles. The molecule has 0 unspecified atom stereocenters. The molecule has 0 atom stereocenters. The third-order valence-electron chi connectivity index (χ3n) is 4.09. The molecule has 0 aliphatic heterocycles. The van der Waals surface area contributed by atoms with E-state index in [9.17, 15) is 9.59 Å². The summed E-state index contributed by atoms with van der Waals surface area (Å²) in [6.07, 6.45) is 2.70. The Hall–Kier alpha value is -3.67. The number of methoxy groups -OCH3 is 1. The van der Waals surface area contributed by atoms with Gasteiger partial charge in [0.25, 0.3) is 0 Å². The van der Waals surface area contributed by atoms with Gasteiger partial charge in [-0.1, -0.05) is 36.4 Å². The van der Waals surface area contributed by atoms with Gasteiger partial charge in [-0.15, -0.1) is 0 Å². The Morgan fingerprint density at radius 2 is 1.79 bits per heavy atom. The Kier molecular flexibility index (Phi) is 6.36. The minimum absolute atomic E-state index is 0.0807. The topological polar surface area (TPSA) is 80.3 Å². The second kappa shape index (κ2) is 9.32. The fraction of sp³-hybridized carbons (Fsp3) is 0.136. The first-order valence-electron chi connectivity index (χ1n) is 8.89. The van der Waals surface area contributed by atoms with Crippen molar-refractivity contribution in [2.45, 2.75) is 12.8 Å². The zero-order valence-corrected chi connectivity index (χ0v) is 15.5. The van der Waals surface area contributed by atoms with E-state index in [4.69, 9.17) is 4.74 Å². The van der Waals surface area contributed by atoms with Gasteiger partial charge >= 0.3 is 5.97 Å². The summed E-state index contributed by atoms with van der Waals surface area (Å²) in [5.41, 5.74) is 3.07. The minimum atomic E-state index is -0.393. The van der Waals surface area contributed by atoms with E-state index in [1.54, 1.807) is 30.5 Å². The Morgan fingerprint density at radius 1 is 0.964 bits per heavy atom. The minimum Gasteiger partial charge on any atom is -0.465 e. The smallest absolute Gasteiger partial charge is 0.337 e. The third-order valence-corrected chi connectivity index (χ3v) is 4.09. The molecule has 0 bridgehead atoms. The summed E-state index contributed by atoms with van der Waals surface area (Å²) in [6, 6.07) is 20.4. The zero-order chi connectivity index (χ0) is 19.8. The molecule has 1 heterocycles. The average Bonchev–Trinajstić information content (AvgIpc) is 2.74. The van der Waals surface area contributed by atoms with Crippen molar-refractivity contribution in [1.82, 2.24) is 4.98 Å². The van der Waals surface area contributed by atoms with Gasteiger partial charge in [-0.3, -0.25) is 4.79 Å². The quantitative estimate of drug-likeness (QED) is 0.606. The Bertz CT molecular complexity index is 941. The SMILES string of the molecule is COC(=O)c1cccc(Nc2ccc(NC(=O)CCc3ccccc3)nc2)c1. The lowest BCUT2D eigenvalue weighted by atomic mass is 10.1. The van der Waals surface area contributed by atoms with Crippen LogP contribution in [0.25, 0.3) is 0 Å². The number of pyridine rings is 1. The Morgan fingerprint density at radius 3 is 2.50 bits per heavy atom. The Labute approximate surface area is 163 Å². The number of carbonyl (C=O) groups excluding carboxylic acids is 2. The van der Waals surface area contributed by atoms with Crippen molar-refractivity contribution in [2.75, 3.05) is 17.7 Å². The Balaban J connectivity index is 1.55. The number of ether oxygens (including phenoxy) is 1. The normalized spacial score (nSPS) is 10.2. The van der Waals surface area contributed by atoms with Gasteiger partial charge in [-0.2, -0.15) is 0 Å². The number of nitrogens with zero attached hydrogens (tertiary/aromatic N) is 1. The molecule has 0 saturated heterocycles. The maximum Gasteiger partial charge on any atom is 0.337 e. The van der Waals surface area contributed by atoms with E-state index in [-0.39, 0.29) is 5.91 Å². The highest BCUT2D eigenvalue weighted by molar-refractivity contribution is 5.91. The van der Waals surface area contributed by atoms with Gasteiger partial charge in [0.1, 0.15) is 5.82 Å². The number of hydrogen-bond donors (Lipinski definition) is 2. The molecule has 6 heteroatoms. The van der Waals surface area contributed by atoms with Crippen LogP contribution in [0.5, 0.6) is 0 Å². The number of hydrogen-bond acceptors (Lipinski definition) is 5. The fourth-order valence-corrected chi connectivity index (χ4v) is 2.66. The number of carbonyl (C=O) groups is 2. The molecule has 142 valence electrons. The van der Waals surface area contributed by atoms with Crippen LogP contribution in [0.2, 0.25) is 0 Å². The molecule has 3 aromatic rings. The molecule has 2 N–H and O–H groups in total. The van der Waals surface area contributed by atoms with Crippen molar-refractivity contribution in [1.29, 1.82) is 0 Å². The lowest BCUT2D eigenvalue weighted by molar-refractivity contribution is -0.116. The van der Waals surface area contributed by atoms with E-state index >= 15 is 0 Å². The van der Waals surface area contributed by atoms with Gasteiger partial charge < -0.3 is 15.4 Å². The van der Waals surface area contributed by atoms with Gasteiger partial charge in [0, 0.05) is 12.1 Å². The lowest BCUT2D eigenvalue weighted by Gasteiger charge is -2.09. The van der Waals surface area contributed by atoms with E-state index in [1.807, 2.05) is 42.5 Å². The lowest BCUT2D eigenvalue weighted by Crippen LogP contribution is -2.13. The molecule has 0 saturated carbocycles. The monoisotopic (exact) mass is 375 g/mol. The summed E-state index contributed by atoms with van der Waals surface area (Å²) in [5.74, 6) is 0.0186. The zero-order valence-electron chi connectivity index (χ0n) is 15.5. The largest absolute Gasteiger partial charge is 0.465 e. The van der Waals surface area contributed by atoms with Crippen molar-refractivity contribution in [3.8, 4) is 0 Å². The molecule has 28 heavy (non-hydrogen) atoms. The maximum atomic E-state index is 12.1. The van der Waals surface area contributed by atoms with Crippen LogP contribution in [0.1, 0.15) is 22.3 Å². The van der Waals surface area contributed by atoms with Crippen molar-refractivity contribution >= 4 is 29.1 Å². The molecular formula is C22H21N3O3. The summed E-state index contributed by atoms with van der Waals surface area (Å²) in [4.78, 5) is 27.9. The van der Waals surface area contributed by atoms with Crippen molar-refractivity contribution < 1.29 is 14.3 Å². The number of aromatic nitrogens is 1. The highest BCUT2D eigenvalue weighted by atomic mass is 16.5. The number of esters is 1. The first-order valence-corrected chi connectivity index (χ1v) is 8.89. The van der Waals surface area contributed by atoms with Gasteiger partial charge in [0.15, 0.2) is 0 Å². The maximum absolute atomic E-state index is 12.1. The first kappa shape index (κ1) is 19.1. The fourth-order valence-electron chi connectivity index (χ4n) is 2.66. The highest BCUT2D eigenvalue weighted by Gasteiger charge is 2.07. The second-order valence-electron chi connectivity index (χ2n) is 6.16. The van der Waals surface area contributed by atoms with Gasteiger partial charge in [-0.25, -0.2) is 9.78 Å². The second-order valence-corrected chi connectivity index (χ2v) is 6.16. The molecule has 0 aliphatic rings. The van der Waals surface area contributed by atoms with Crippen LogP contribution < -0.4 is 10.6 Å². The summed E-state index contributed by atoms with van der Waals surface area (Å²) < 4.78 is 4.72. The van der Waals surface area contributed by atoms with Crippen molar-refractivity contribution in [3.05, 3.63) is 84.1 Å². The van der Waals surface area contributed by atoms with E-state index in [0.717, 1.165) is 16.9 Å². The van der Waals surface area contributed by atoms with Gasteiger partial charge in [-0.05, 0) is 42.3 Å². The molecular weight excluding hydrogens is 354 g/mol. The molecule has 0 spiro atoms. The number of nitrogens with one attached hydrogen (secondary N) is 2. The van der Waals surface area contributed by atoms with E-state index in [2.05, 4.69) is 15.6 Å². The number of amides is 1. The van der Waals surface area contributed by atoms with E-state index in [0.29, 0.717) is 24.2 Å². The molecule has 0 radical (unpaired) electrons. The summed E-state index contributed by atoms with van der Waals surface area (Å²) >= 11 is 0. The number of anilines is 3. The molecule has 6 nitrogen and oxygen atoms in total. The highest BCUT2D eigenvalue weighted by Crippen LogP contribution is 2.19. The predicted octanol–water partition coefficient (Wildman–Crippen LogP) is 4.18. The summed E-state index contributed by atoms with van der Waals surface area (Å²) in [6.45, 7) is 0. The number of benzene rings is 2. The molecule has 3 rings (SSSR count). The first-order chi connectivity index (χ1) is 13.6. The van der Waals surface area contributed by atoms with Crippen LogP contribution in [0.4, 0.5) is 17.2 Å². The number of rotatable bonds is 7. The van der Waals surface area contributed by atoms with E-state index in [1.165, 1.54) is 7.11 Å². The van der Waals surface area contributed by atoms with Crippen LogP contribution in [-0.4, -0.2) is 24.0 Å². The van der Waals surface area contributed by atoms with Crippen molar-refractivity contribution in [3.63, 3.8) is 0 Å². The average molecular weight is 375 g/mol. The standard InChI is InChI=1S/C22H21N3O3/c1-28-22(27)17-8-5-9-18(14-17)24-19-11-12-20(23-15-19)25-21(26)13-10-16-6-3-2-4-7-16/h2-9,11-12,14-15,24H,10,13H2,1H3,(H,23,25,26). The van der Waals surface area contributed by atoms with Gasteiger partial charge in [0.05, 0.1) is 24.6 Å². The molecule has 1 aromatic heterocycles. The van der Waals surface area contributed by atoms with Crippen LogP contribution in [-0.2, 0) is 16.0 Å². The van der Waals surface area contributed by atoms with Crippen LogP contribution in [0.3, 0.4) is 0 Å². The predicted molar refractivity (Wildman–Crippen MR) is 109 cm³/mol. The van der Waals surface area contributed by atoms with Crippen LogP contribution in [0.15, 0.2) is 72.9 Å².